The van der Waals surface area contributed by atoms with E-state index in [1.54, 1.807) is 18.2 Å². The standard InChI is InChI=1S/C13H21NO5/c1-2-19-11-5-3-4-10(12(11)18)6-14-13(7-15,8-16)9-17/h3-5,14-18H,2,6-9H2,1H3. The quantitative estimate of drug-likeness (QED) is 0.441. The van der Waals surface area contributed by atoms with Gasteiger partial charge in [0.1, 0.15) is 0 Å². The van der Waals surface area contributed by atoms with Crippen LogP contribution < -0.4 is 10.1 Å². The van der Waals surface area contributed by atoms with Gasteiger partial charge in [-0.15, -0.1) is 0 Å². The topological polar surface area (TPSA) is 102 Å². The van der Waals surface area contributed by atoms with E-state index in [-0.39, 0.29) is 12.3 Å². The van der Waals surface area contributed by atoms with Crippen molar-refractivity contribution in [3.8, 4) is 11.5 Å². The van der Waals surface area contributed by atoms with Crippen LogP contribution in [0, 0.1) is 0 Å². The third-order valence-electron chi connectivity index (χ3n) is 2.94. The van der Waals surface area contributed by atoms with Gasteiger partial charge in [-0.25, -0.2) is 0 Å². The predicted molar refractivity (Wildman–Crippen MR) is 70.1 cm³/mol. The molecular formula is C13H21NO5. The lowest BCUT2D eigenvalue weighted by Crippen LogP contribution is -2.54. The summed E-state index contributed by atoms with van der Waals surface area (Å²) in [5, 5.41) is 40.4. The Bertz CT molecular complexity index is 384. The monoisotopic (exact) mass is 271 g/mol. The second-order valence-corrected chi connectivity index (χ2v) is 4.31. The first-order chi connectivity index (χ1) is 9.12. The molecule has 0 fully saturated rings. The molecule has 0 atom stereocenters. The molecule has 0 radical (unpaired) electrons. The number of benzene rings is 1. The Morgan fingerprint density at radius 1 is 1.16 bits per heavy atom. The molecule has 19 heavy (non-hydrogen) atoms. The molecule has 1 rings (SSSR count). The molecule has 0 saturated heterocycles. The first-order valence-electron chi connectivity index (χ1n) is 6.13. The van der Waals surface area contributed by atoms with E-state index < -0.39 is 25.4 Å². The Morgan fingerprint density at radius 2 is 1.79 bits per heavy atom. The van der Waals surface area contributed by atoms with E-state index >= 15 is 0 Å². The minimum Gasteiger partial charge on any atom is -0.504 e. The molecule has 6 heteroatoms. The Labute approximate surface area is 112 Å². The fourth-order valence-electron chi connectivity index (χ4n) is 1.58. The van der Waals surface area contributed by atoms with E-state index in [1.165, 1.54) is 0 Å². The van der Waals surface area contributed by atoms with E-state index in [4.69, 9.17) is 4.74 Å². The average Bonchev–Trinajstić information content (AvgIpc) is 2.45. The zero-order chi connectivity index (χ0) is 14.3. The molecule has 0 amide bonds. The molecule has 0 aliphatic rings. The summed E-state index contributed by atoms with van der Waals surface area (Å²) in [4.78, 5) is 0. The highest BCUT2D eigenvalue weighted by Crippen LogP contribution is 2.29. The average molecular weight is 271 g/mol. The van der Waals surface area contributed by atoms with Crippen LogP contribution in [0.3, 0.4) is 0 Å². The number of ether oxygens (including phenoxy) is 1. The molecular weight excluding hydrogens is 250 g/mol. The number of hydrogen-bond acceptors (Lipinski definition) is 6. The first kappa shape index (κ1) is 15.7. The van der Waals surface area contributed by atoms with Gasteiger partial charge in [0, 0.05) is 12.1 Å². The number of aliphatic hydroxyl groups excluding tert-OH is 3. The predicted octanol–water partition coefficient (Wildman–Crippen LogP) is -0.404. The van der Waals surface area contributed by atoms with E-state index in [1.807, 2.05) is 6.92 Å². The van der Waals surface area contributed by atoms with Crippen LogP contribution in [-0.4, -0.2) is 52.4 Å². The van der Waals surface area contributed by atoms with Crippen molar-refractivity contribution in [2.24, 2.45) is 0 Å². The summed E-state index contributed by atoms with van der Waals surface area (Å²) in [7, 11) is 0. The molecule has 0 aromatic heterocycles. The van der Waals surface area contributed by atoms with Crippen LogP contribution >= 0.6 is 0 Å². The normalized spacial score (nSPS) is 11.6. The lowest BCUT2D eigenvalue weighted by atomic mass is 10.0. The van der Waals surface area contributed by atoms with E-state index in [9.17, 15) is 20.4 Å². The minimum absolute atomic E-state index is 0.0135. The lowest BCUT2D eigenvalue weighted by molar-refractivity contribution is 0.0412. The number of rotatable bonds is 8. The molecule has 0 spiro atoms. The summed E-state index contributed by atoms with van der Waals surface area (Å²) < 4.78 is 5.26. The van der Waals surface area contributed by atoms with Crippen LogP contribution in [0.25, 0.3) is 0 Å². The second-order valence-electron chi connectivity index (χ2n) is 4.31. The number of aliphatic hydroxyl groups is 3. The van der Waals surface area contributed by atoms with Gasteiger partial charge in [-0.05, 0) is 13.0 Å². The van der Waals surface area contributed by atoms with Gasteiger partial charge in [0.15, 0.2) is 11.5 Å². The first-order valence-corrected chi connectivity index (χ1v) is 6.13. The van der Waals surface area contributed by atoms with Crippen LogP contribution in [0.5, 0.6) is 11.5 Å². The highest BCUT2D eigenvalue weighted by atomic mass is 16.5. The van der Waals surface area contributed by atoms with Gasteiger partial charge in [-0.2, -0.15) is 0 Å². The molecule has 1 aromatic rings. The summed E-state index contributed by atoms with van der Waals surface area (Å²) in [6.07, 6.45) is 0. The summed E-state index contributed by atoms with van der Waals surface area (Å²) in [6.45, 7) is 1.22. The molecule has 0 unspecified atom stereocenters. The number of nitrogens with one attached hydrogen (secondary N) is 1. The highest BCUT2D eigenvalue weighted by Gasteiger charge is 2.27. The third kappa shape index (κ3) is 3.81. The van der Waals surface area contributed by atoms with Gasteiger partial charge < -0.3 is 30.5 Å². The SMILES string of the molecule is CCOc1cccc(CNC(CO)(CO)CO)c1O. The van der Waals surface area contributed by atoms with Crippen molar-refractivity contribution in [3.63, 3.8) is 0 Å². The van der Waals surface area contributed by atoms with E-state index in [0.29, 0.717) is 17.9 Å². The number of hydrogen-bond donors (Lipinski definition) is 5. The number of phenolic OH excluding ortho intramolecular Hbond substituents is 1. The molecule has 108 valence electrons. The maximum absolute atomic E-state index is 9.98. The molecule has 0 heterocycles. The largest absolute Gasteiger partial charge is 0.504 e. The maximum Gasteiger partial charge on any atom is 0.162 e. The van der Waals surface area contributed by atoms with Crippen molar-refractivity contribution < 1.29 is 25.2 Å². The molecule has 0 aliphatic carbocycles. The Kier molecular flexibility index (Phi) is 6.04. The van der Waals surface area contributed by atoms with Crippen molar-refractivity contribution in [2.75, 3.05) is 26.4 Å². The highest BCUT2D eigenvalue weighted by molar-refractivity contribution is 5.45. The Balaban J connectivity index is 2.80. The molecule has 1 aromatic carbocycles. The number of aromatic hydroxyl groups is 1. The van der Waals surface area contributed by atoms with Gasteiger partial charge in [-0.3, -0.25) is 0 Å². The van der Waals surface area contributed by atoms with Crippen molar-refractivity contribution >= 4 is 0 Å². The Morgan fingerprint density at radius 3 is 2.32 bits per heavy atom. The van der Waals surface area contributed by atoms with E-state index in [2.05, 4.69) is 5.32 Å². The molecule has 0 aliphatic heterocycles. The maximum atomic E-state index is 9.98. The number of phenols is 1. The van der Waals surface area contributed by atoms with Crippen LogP contribution in [0.1, 0.15) is 12.5 Å². The lowest BCUT2D eigenvalue weighted by Gasteiger charge is -2.29. The molecule has 6 nitrogen and oxygen atoms in total. The second kappa shape index (κ2) is 7.30. The van der Waals surface area contributed by atoms with Crippen LogP contribution in [-0.2, 0) is 6.54 Å². The summed E-state index contributed by atoms with van der Waals surface area (Å²) in [6, 6.07) is 5.09. The zero-order valence-corrected chi connectivity index (χ0v) is 11.0. The molecule has 0 bridgehead atoms. The minimum atomic E-state index is -1.17. The van der Waals surface area contributed by atoms with Crippen molar-refractivity contribution in [1.29, 1.82) is 0 Å². The van der Waals surface area contributed by atoms with Crippen LogP contribution in [0.15, 0.2) is 18.2 Å². The smallest absolute Gasteiger partial charge is 0.162 e. The van der Waals surface area contributed by atoms with Crippen molar-refractivity contribution in [3.05, 3.63) is 23.8 Å². The van der Waals surface area contributed by atoms with Crippen LogP contribution in [0.2, 0.25) is 0 Å². The van der Waals surface area contributed by atoms with Crippen LogP contribution in [0.4, 0.5) is 0 Å². The van der Waals surface area contributed by atoms with Gasteiger partial charge in [0.25, 0.3) is 0 Å². The van der Waals surface area contributed by atoms with Crippen molar-refractivity contribution in [1.82, 2.24) is 5.32 Å². The van der Waals surface area contributed by atoms with Crippen molar-refractivity contribution in [2.45, 2.75) is 19.0 Å². The molecule has 0 saturated carbocycles. The Hall–Kier alpha value is -1.34. The van der Waals surface area contributed by atoms with E-state index in [0.717, 1.165) is 0 Å². The number of para-hydroxylation sites is 1. The van der Waals surface area contributed by atoms with Gasteiger partial charge in [0.2, 0.25) is 0 Å². The third-order valence-corrected chi connectivity index (χ3v) is 2.94. The summed E-state index contributed by atoms with van der Waals surface area (Å²) in [5.74, 6) is 0.393. The van der Waals surface area contributed by atoms with Gasteiger partial charge in [0.05, 0.1) is 32.0 Å². The summed E-state index contributed by atoms with van der Waals surface area (Å²) >= 11 is 0. The van der Waals surface area contributed by atoms with Gasteiger partial charge in [-0.1, -0.05) is 12.1 Å². The fourth-order valence-corrected chi connectivity index (χ4v) is 1.58. The van der Waals surface area contributed by atoms with Gasteiger partial charge >= 0.3 is 0 Å². The summed E-state index contributed by atoms with van der Waals surface area (Å²) in [5.41, 5.74) is -0.612. The fraction of sp³-hybridized carbons (Fsp3) is 0.538. The zero-order valence-electron chi connectivity index (χ0n) is 11.0. The molecule has 5 N–H and O–H groups in total.